The van der Waals surface area contributed by atoms with Crippen molar-refractivity contribution in [2.24, 2.45) is 0 Å². The van der Waals surface area contributed by atoms with E-state index in [0.29, 0.717) is 55.2 Å². The van der Waals surface area contributed by atoms with Crippen molar-refractivity contribution in [3.8, 4) is 11.5 Å². The lowest BCUT2D eigenvalue weighted by Gasteiger charge is -2.30. The highest BCUT2D eigenvalue weighted by Crippen LogP contribution is 2.24. The van der Waals surface area contributed by atoms with Crippen molar-refractivity contribution in [3.05, 3.63) is 59.7 Å². The fourth-order valence-electron chi connectivity index (χ4n) is 3.98. The summed E-state index contributed by atoms with van der Waals surface area (Å²) in [6.45, 7) is 5.24. The molecule has 8 nitrogen and oxygen atoms in total. The number of para-hydroxylation sites is 1. The molecule has 2 aromatic rings. The smallest absolute Gasteiger partial charge is 0.341 e. The van der Waals surface area contributed by atoms with E-state index in [9.17, 15) is 14.4 Å². The van der Waals surface area contributed by atoms with Crippen molar-refractivity contribution in [1.82, 2.24) is 10.2 Å². The van der Waals surface area contributed by atoms with Crippen LogP contribution in [-0.2, 0) is 20.9 Å². The van der Waals surface area contributed by atoms with Crippen LogP contribution in [0.25, 0.3) is 0 Å². The van der Waals surface area contributed by atoms with Crippen molar-refractivity contribution < 1.29 is 28.6 Å². The molecule has 1 aliphatic heterocycles. The Morgan fingerprint density at radius 2 is 1.78 bits per heavy atom. The van der Waals surface area contributed by atoms with Crippen molar-refractivity contribution in [1.29, 1.82) is 0 Å². The van der Waals surface area contributed by atoms with Gasteiger partial charge < -0.3 is 24.4 Å². The molecule has 1 heterocycles. The SMILES string of the molecule is CCCOC(=O)c1cc(CN(C(=O)COc2ccccc2)[C@H]2CCCCNC2=O)ccc1OCCC. The average molecular weight is 497 g/mol. The summed E-state index contributed by atoms with van der Waals surface area (Å²) in [6, 6.07) is 13.7. The van der Waals surface area contributed by atoms with Crippen LogP contribution in [0.4, 0.5) is 0 Å². The number of hydrogen-bond donors (Lipinski definition) is 1. The third kappa shape index (κ3) is 7.73. The minimum absolute atomic E-state index is 0.150. The zero-order valence-electron chi connectivity index (χ0n) is 21.2. The first-order chi connectivity index (χ1) is 17.5. The summed E-state index contributed by atoms with van der Waals surface area (Å²) in [6.07, 6.45) is 3.75. The summed E-state index contributed by atoms with van der Waals surface area (Å²) in [5.41, 5.74) is 1.01. The minimum Gasteiger partial charge on any atom is -0.493 e. The Kier molecular flexibility index (Phi) is 10.6. The van der Waals surface area contributed by atoms with Gasteiger partial charge in [-0.05, 0) is 61.9 Å². The first kappa shape index (κ1) is 27.0. The zero-order chi connectivity index (χ0) is 25.8. The highest BCUT2D eigenvalue weighted by molar-refractivity contribution is 5.93. The maximum atomic E-state index is 13.4. The predicted molar refractivity (Wildman–Crippen MR) is 136 cm³/mol. The van der Waals surface area contributed by atoms with E-state index in [1.54, 1.807) is 29.2 Å². The van der Waals surface area contributed by atoms with Crippen molar-refractivity contribution in [2.75, 3.05) is 26.4 Å². The molecule has 0 unspecified atom stereocenters. The quantitative estimate of drug-likeness (QED) is 0.444. The second-order valence-electron chi connectivity index (χ2n) is 8.74. The number of benzene rings is 2. The molecule has 0 aromatic heterocycles. The van der Waals surface area contributed by atoms with Crippen molar-refractivity contribution in [2.45, 2.75) is 58.5 Å². The average Bonchev–Trinajstić information content (AvgIpc) is 3.12. The van der Waals surface area contributed by atoms with Crippen LogP contribution in [0.2, 0.25) is 0 Å². The lowest BCUT2D eigenvalue weighted by atomic mass is 10.1. The molecular formula is C28H36N2O6. The molecule has 0 bridgehead atoms. The van der Waals surface area contributed by atoms with E-state index < -0.39 is 12.0 Å². The maximum absolute atomic E-state index is 13.4. The molecule has 1 atom stereocenters. The van der Waals surface area contributed by atoms with Gasteiger partial charge in [0.05, 0.1) is 13.2 Å². The zero-order valence-corrected chi connectivity index (χ0v) is 21.2. The van der Waals surface area contributed by atoms with E-state index in [0.717, 1.165) is 19.3 Å². The van der Waals surface area contributed by atoms with Gasteiger partial charge in [0, 0.05) is 13.1 Å². The molecule has 0 aliphatic carbocycles. The fourth-order valence-corrected chi connectivity index (χ4v) is 3.98. The van der Waals surface area contributed by atoms with E-state index in [1.165, 1.54) is 0 Å². The van der Waals surface area contributed by atoms with E-state index in [4.69, 9.17) is 14.2 Å². The number of hydrogen-bond acceptors (Lipinski definition) is 6. The van der Waals surface area contributed by atoms with Crippen LogP contribution in [0, 0.1) is 0 Å². The minimum atomic E-state index is -0.620. The van der Waals surface area contributed by atoms with Gasteiger partial charge in [0.1, 0.15) is 23.1 Å². The van der Waals surface area contributed by atoms with Crippen LogP contribution < -0.4 is 14.8 Å². The standard InChI is InChI=1S/C28H36N2O6/c1-3-16-34-25-14-13-21(18-23(25)28(33)35-17-4-2)19-30(24-12-8-9-15-29-27(24)32)26(31)20-36-22-10-6-5-7-11-22/h5-7,10-11,13-14,18,24H,3-4,8-9,12,15-17,19-20H2,1-2H3,(H,29,32)/t24-/m0/s1. The number of ether oxygens (including phenoxy) is 3. The topological polar surface area (TPSA) is 94.2 Å². The monoisotopic (exact) mass is 496 g/mol. The molecule has 1 fully saturated rings. The summed E-state index contributed by atoms with van der Waals surface area (Å²) in [5, 5.41) is 2.91. The molecule has 0 radical (unpaired) electrons. The lowest BCUT2D eigenvalue weighted by molar-refractivity contribution is -0.142. The second kappa shape index (κ2) is 14.1. The van der Waals surface area contributed by atoms with Gasteiger partial charge in [0.25, 0.3) is 5.91 Å². The molecule has 36 heavy (non-hydrogen) atoms. The third-order valence-electron chi connectivity index (χ3n) is 5.82. The predicted octanol–water partition coefficient (Wildman–Crippen LogP) is 4.12. The van der Waals surface area contributed by atoms with Gasteiger partial charge in [-0.15, -0.1) is 0 Å². The third-order valence-corrected chi connectivity index (χ3v) is 5.82. The second-order valence-corrected chi connectivity index (χ2v) is 8.74. The van der Waals surface area contributed by atoms with Gasteiger partial charge in [-0.3, -0.25) is 9.59 Å². The van der Waals surface area contributed by atoms with Gasteiger partial charge in [0.15, 0.2) is 6.61 Å². The van der Waals surface area contributed by atoms with Gasteiger partial charge >= 0.3 is 5.97 Å². The van der Waals surface area contributed by atoms with E-state index in [1.807, 2.05) is 38.1 Å². The first-order valence-corrected chi connectivity index (χ1v) is 12.7. The van der Waals surface area contributed by atoms with E-state index >= 15 is 0 Å². The van der Waals surface area contributed by atoms with Crippen LogP contribution in [0.1, 0.15) is 61.9 Å². The molecule has 1 saturated heterocycles. The van der Waals surface area contributed by atoms with Gasteiger partial charge in [-0.2, -0.15) is 0 Å². The number of esters is 1. The lowest BCUT2D eigenvalue weighted by Crippen LogP contribution is -2.49. The number of carbonyl (C=O) groups is 3. The van der Waals surface area contributed by atoms with Crippen LogP contribution >= 0.6 is 0 Å². The fraction of sp³-hybridized carbons (Fsp3) is 0.464. The Morgan fingerprint density at radius 3 is 2.53 bits per heavy atom. The highest BCUT2D eigenvalue weighted by Gasteiger charge is 2.31. The first-order valence-electron chi connectivity index (χ1n) is 12.7. The molecule has 1 N–H and O–H groups in total. The summed E-state index contributed by atoms with van der Waals surface area (Å²) >= 11 is 0. The normalized spacial score (nSPS) is 15.4. The molecule has 2 amide bonds. The van der Waals surface area contributed by atoms with Crippen LogP contribution in [-0.4, -0.2) is 55.1 Å². The maximum Gasteiger partial charge on any atom is 0.341 e. The van der Waals surface area contributed by atoms with Crippen LogP contribution in [0.15, 0.2) is 48.5 Å². The molecule has 0 spiro atoms. The molecule has 1 aliphatic rings. The largest absolute Gasteiger partial charge is 0.493 e. The summed E-state index contributed by atoms with van der Waals surface area (Å²) in [4.78, 5) is 40.5. The molecule has 3 rings (SSSR count). The number of rotatable bonds is 12. The van der Waals surface area contributed by atoms with Gasteiger partial charge in [-0.1, -0.05) is 38.1 Å². The summed E-state index contributed by atoms with van der Waals surface area (Å²) in [7, 11) is 0. The molecule has 2 aromatic carbocycles. The van der Waals surface area contributed by atoms with Gasteiger partial charge in [0.2, 0.25) is 5.91 Å². The number of nitrogens with one attached hydrogen (secondary N) is 1. The molecular weight excluding hydrogens is 460 g/mol. The van der Waals surface area contributed by atoms with Crippen molar-refractivity contribution >= 4 is 17.8 Å². The Morgan fingerprint density at radius 1 is 1.00 bits per heavy atom. The molecule has 194 valence electrons. The number of nitrogens with zero attached hydrogens (tertiary/aromatic N) is 1. The number of amides is 2. The highest BCUT2D eigenvalue weighted by atomic mass is 16.5. The Labute approximate surface area is 212 Å². The van der Waals surface area contributed by atoms with E-state index in [-0.39, 0.29) is 25.0 Å². The van der Waals surface area contributed by atoms with E-state index in [2.05, 4.69) is 5.32 Å². The van der Waals surface area contributed by atoms with Crippen LogP contribution in [0.3, 0.4) is 0 Å². The Balaban J connectivity index is 1.86. The molecule has 0 saturated carbocycles. The number of carbonyl (C=O) groups excluding carboxylic acids is 3. The summed E-state index contributed by atoms with van der Waals surface area (Å²) in [5.74, 6) is 0.0735. The summed E-state index contributed by atoms with van der Waals surface area (Å²) < 4.78 is 16.8. The Hall–Kier alpha value is -3.55. The molecule has 8 heteroatoms. The Bertz CT molecular complexity index is 1010. The van der Waals surface area contributed by atoms with Gasteiger partial charge in [-0.25, -0.2) is 4.79 Å². The van der Waals surface area contributed by atoms with Crippen LogP contribution in [0.5, 0.6) is 11.5 Å². The van der Waals surface area contributed by atoms with Crippen molar-refractivity contribution in [3.63, 3.8) is 0 Å².